The average Bonchev–Trinajstić information content (AvgIpc) is 2.53. The third kappa shape index (κ3) is 5.44. The molecule has 0 spiro atoms. The van der Waals surface area contributed by atoms with Crippen LogP contribution < -0.4 is 5.43 Å². The fraction of sp³-hybridized carbons (Fsp3) is 0.357. The number of hydrogen-bond donors (Lipinski definition) is 1. The first kappa shape index (κ1) is 18.1. The molecule has 6 nitrogen and oxygen atoms in total. The molecule has 0 bridgehead atoms. The van der Waals surface area contributed by atoms with Crippen molar-refractivity contribution >= 4 is 39.3 Å². The van der Waals surface area contributed by atoms with Gasteiger partial charge in [0.05, 0.1) is 24.4 Å². The van der Waals surface area contributed by atoms with Crippen LogP contribution >= 0.6 is 15.9 Å². The molecule has 1 N–H and O–H groups in total. The number of rotatable bonds is 7. The lowest BCUT2D eigenvalue weighted by atomic mass is 10.1. The molecule has 0 aliphatic rings. The highest BCUT2D eigenvalue weighted by atomic mass is 79.9. The van der Waals surface area contributed by atoms with Crippen molar-refractivity contribution in [2.45, 2.75) is 19.3 Å². The molecule has 0 atom stereocenters. The summed E-state index contributed by atoms with van der Waals surface area (Å²) in [5.74, 6) is -1.44. The molecule has 0 saturated carbocycles. The third-order valence-electron chi connectivity index (χ3n) is 2.71. The summed E-state index contributed by atoms with van der Waals surface area (Å²) in [4.78, 5) is 22.7. The highest BCUT2D eigenvalue weighted by Crippen LogP contribution is 2.25. The van der Waals surface area contributed by atoms with Gasteiger partial charge in [-0.1, -0.05) is 6.07 Å². The Hall–Kier alpha value is -1.96. The van der Waals surface area contributed by atoms with Gasteiger partial charge in [-0.05, 0) is 40.9 Å². The molecule has 0 amide bonds. The van der Waals surface area contributed by atoms with Gasteiger partial charge in [0.15, 0.2) is 0 Å². The standard InChI is InChI=1S/C14H16BrFN2O4/c1-21-12(19)8-4-7-11(14(20)22-2)18-17-10-6-3-5-9(16)13(10)15/h3,5-6,17H,4,7-8H2,1-2H3/b18-11+. The van der Waals surface area contributed by atoms with Crippen LogP contribution in [0.25, 0.3) is 0 Å². The van der Waals surface area contributed by atoms with Crippen molar-refractivity contribution in [2.24, 2.45) is 5.10 Å². The molecule has 0 aliphatic carbocycles. The van der Waals surface area contributed by atoms with Crippen molar-refractivity contribution in [3.8, 4) is 0 Å². The van der Waals surface area contributed by atoms with Crippen LogP contribution in [-0.4, -0.2) is 31.9 Å². The summed E-state index contributed by atoms with van der Waals surface area (Å²) in [7, 11) is 2.52. The molecule has 0 aliphatic heterocycles. The SMILES string of the molecule is COC(=O)CCC/C(=N\Nc1cccc(F)c1Br)C(=O)OC. The van der Waals surface area contributed by atoms with Crippen LogP contribution in [0, 0.1) is 5.82 Å². The summed E-state index contributed by atoms with van der Waals surface area (Å²) in [5, 5.41) is 3.93. The number of anilines is 1. The first-order chi connectivity index (χ1) is 10.5. The number of carbonyl (C=O) groups is 2. The number of nitrogens with one attached hydrogen (secondary N) is 1. The minimum atomic E-state index is -0.620. The quantitative estimate of drug-likeness (QED) is 0.451. The van der Waals surface area contributed by atoms with E-state index < -0.39 is 11.8 Å². The second-order valence-corrected chi connectivity index (χ2v) is 4.99. The predicted octanol–water partition coefficient (Wildman–Crippen LogP) is 2.87. The molecule has 0 aromatic heterocycles. The van der Waals surface area contributed by atoms with E-state index in [9.17, 15) is 14.0 Å². The Bertz CT molecular complexity index is 578. The van der Waals surface area contributed by atoms with Gasteiger partial charge in [0.1, 0.15) is 11.5 Å². The number of hydrazone groups is 1. The second kappa shape index (κ2) is 9.14. The van der Waals surface area contributed by atoms with Gasteiger partial charge in [-0.15, -0.1) is 0 Å². The number of esters is 2. The minimum Gasteiger partial charge on any atom is -0.469 e. The van der Waals surface area contributed by atoms with E-state index in [0.717, 1.165) is 0 Å². The summed E-state index contributed by atoms with van der Waals surface area (Å²) in [6, 6.07) is 4.39. The van der Waals surface area contributed by atoms with E-state index in [1.54, 1.807) is 6.07 Å². The van der Waals surface area contributed by atoms with E-state index in [1.807, 2.05) is 0 Å². The van der Waals surface area contributed by atoms with Crippen LogP contribution in [0.3, 0.4) is 0 Å². The molecule has 0 radical (unpaired) electrons. The Kier molecular flexibility index (Phi) is 7.51. The number of ether oxygens (including phenoxy) is 2. The number of nitrogens with zero attached hydrogens (tertiary/aromatic N) is 1. The van der Waals surface area contributed by atoms with Gasteiger partial charge in [0.2, 0.25) is 0 Å². The molecule has 8 heteroatoms. The summed E-state index contributed by atoms with van der Waals surface area (Å²) in [6.45, 7) is 0. The van der Waals surface area contributed by atoms with Crippen LogP contribution in [0.15, 0.2) is 27.8 Å². The van der Waals surface area contributed by atoms with E-state index >= 15 is 0 Å². The van der Waals surface area contributed by atoms with Gasteiger partial charge < -0.3 is 9.47 Å². The fourth-order valence-electron chi connectivity index (χ4n) is 1.54. The fourth-order valence-corrected chi connectivity index (χ4v) is 1.89. The lowest BCUT2D eigenvalue weighted by molar-refractivity contribution is -0.140. The molecule has 0 saturated heterocycles. The van der Waals surface area contributed by atoms with Crippen LogP contribution in [0.2, 0.25) is 0 Å². The zero-order valence-corrected chi connectivity index (χ0v) is 13.8. The van der Waals surface area contributed by atoms with E-state index in [-0.39, 0.29) is 29.0 Å². The zero-order valence-electron chi connectivity index (χ0n) is 12.2. The van der Waals surface area contributed by atoms with Gasteiger partial charge in [-0.3, -0.25) is 10.2 Å². The zero-order chi connectivity index (χ0) is 16.5. The normalized spacial score (nSPS) is 11.0. The first-order valence-corrected chi connectivity index (χ1v) is 7.20. The first-order valence-electron chi connectivity index (χ1n) is 6.41. The lowest BCUT2D eigenvalue weighted by Crippen LogP contribution is -2.18. The monoisotopic (exact) mass is 374 g/mol. The maximum atomic E-state index is 13.4. The maximum Gasteiger partial charge on any atom is 0.354 e. The van der Waals surface area contributed by atoms with Crippen molar-refractivity contribution in [3.63, 3.8) is 0 Å². The number of carbonyl (C=O) groups excluding carboxylic acids is 2. The van der Waals surface area contributed by atoms with Crippen molar-refractivity contribution in [1.29, 1.82) is 0 Å². The molecular weight excluding hydrogens is 359 g/mol. The molecule has 22 heavy (non-hydrogen) atoms. The highest BCUT2D eigenvalue weighted by Gasteiger charge is 2.13. The number of benzene rings is 1. The van der Waals surface area contributed by atoms with Gasteiger partial charge in [-0.25, -0.2) is 9.18 Å². The summed E-state index contributed by atoms with van der Waals surface area (Å²) >= 11 is 3.08. The van der Waals surface area contributed by atoms with E-state index in [1.165, 1.54) is 26.4 Å². The minimum absolute atomic E-state index is 0.0996. The number of halogens is 2. The predicted molar refractivity (Wildman–Crippen MR) is 83.0 cm³/mol. The van der Waals surface area contributed by atoms with Crippen molar-refractivity contribution in [1.82, 2.24) is 0 Å². The van der Waals surface area contributed by atoms with Crippen molar-refractivity contribution < 1.29 is 23.5 Å². The Morgan fingerprint density at radius 3 is 2.64 bits per heavy atom. The molecule has 1 aromatic carbocycles. The Morgan fingerprint density at radius 2 is 2.00 bits per heavy atom. The smallest absolute Gasteiger partial charge is 0.354 e. The Morgan fingerprint density at radius 1 is 1.27 bits per heavy atom. The maximum absolute atomic E-state index is 13.4. The summed E-state index contributed by atoms with van der Waals surface area (Å²) in [6.07, 6.45) is 0.768. The van der Waals surface area contributed by atoms with Crippen molar-refractivity contribution in [3.05, 3.63) is 28.5 Å². The molecule has 0 unspecified atom stereocenters. The molecule has 1 rings (SSSR count). The molecule has 0 fully saturated rings. The molecule has 1 aromatic rings. The Labute approximate surface area is 135 Å². The van der Waals surface area contributed by atoms with Crippen LogP contribution in [0.1, 0.15) is 19.3 Å². The molecule has 120 valence electrons. The lowest BCUT2D eigenvalue weighted by Gasteiger charge is -2.07. The third-order valence-corrected chi connectivity index (χ3v) is 3.51. The van der Waals surface area contributed by atoms with E-state index in [2.05, 4.69) is 35.9 Å². The highest BCUT2D eigenvalue weighted by molar-refractivity contribution is 9.10. The van der Waals surface area contributed by atoms with Gasteiger partial charge >= 0.3 is 11.9 Å². The Balaban J connectivity index is 2.76. The van der Waals surface area contributed by atoms with Gasteiger partial charge in [-0.2, -0.15) is 5.10 Å². The second-order valence-electron chi connectivity index (χ2n) is 4.19. The summed E-state index contributed by atoms with van der Waals surface area (Å²) in [5.41, 5.74) is 3.07. The topological polar surface area (TPSA) is 77.0 Å². The average molecular weight is 375 g/mol. The van der Waals surface area contributed by atoms with Crippen molar-refractivity contribution in [2.75, 3.05) is 19.6 Å². The summed E-state index contributed by atoms with van der Waals surface area (Å²) < 4.78 is 22.7. The van der Waals surface area contributed by atoms with Gasteiger partial charge in [0, 0.05) is 6.42 Å². The van der Waals surface area contributed by atoms with Crippen LogP contribution in [0.5, 0.6) is 0 Å². The number of hydrogen-bond acceptors (Lipinski definition) is 6. The molecular formula is C14H16BrFN2O4. The van der Waals surface area contributed by atoms with Crippen LogP contribution in [-0.2, 0) is 19.1 Å². The van der Waals surface area contributed by atoms with Gasteiger partial charge in [0.25, 0.3) is 0 Å². The molecule has 0 heterocycles. The van der Waals surface area contributed by atoms with Crippen LogP contribution in [0.4, 0.5) is 10.1 Å². The largest absolute Gasteiger partial charge is 0.469 e. The number of methoxy groups -OCH3 is 2. The van der Waals surface area contributed by atoms with E-state index in [4.69, 9.17) is 0 Å². The van der Waals surface area contributed by atoms with E-state index in [0.29, 0.717) is 12.1 Å².